The minimum Gasteiger partial charge on any atom is -0.467 e. The molecule has 7 heteroatoms. The number of carbonyl (C=O) groups is 1. The Morgan fingerprint density at radius 2 is 2.00 bits per heavy atom. The van der Waals surface area contributed by atoms with Gasteiger partial charge in [0.2, 0.25) is 0 Å². The van der Waals surface area contributed by atoms with Crippen LogP contribution in [0.3, 0.4) is 0 Å². The van der Waals surface area contributed by atoms with Crippen molar-refractivity contribution in [3.8, 4) is 0 Å². The minimum atomic E-state index is -0.536. The molecule has 0 spiro atoms. The first kappa shape index (κ1) is 17.2. The van der Waals surface area contributed by atoms with Crippen molar-refractivity contribution in [1.82, 2.24) is 4.90 Å². The zero-order chi connectivity index (χ0) is 18.8. The summed E-state index contributed by atoms with van der Waals surface area (Å²) < 4.78 is 24.3. The van der Waals surface area contributed by atoms with Gasteiger partial charge < -0.3 is 13.7 Å². The highest BCUT2D eigenvalue weighted by Crippen LogP contribution is 2.19. The topological polar surface area (TPSA) is 63.7 Å². The van der Waals surface area contributed by atoms with Crippen LogP contribution in [-0.2, 0) is 13.1 Å². The quantitative estimate of drug-likeness (QED) is 0.511. The summed E-state index contributed by atoms with van der Waals surface area (Å²) in [5.41, 5.74) is -0.297. The Morgan fingerprint density at radius 3 is 2.74 bits per heavy atom. The molecule has 5 nitrogen and oxygen atoms in total. The van der Waals surface area contributed by atoms with Crippen LogP contribution in [0.25, 0.3) is 11.0 Å². The number of benzene rings is 1. The van der Waals surface area contributed by atoms with Gasteiger partial charge in [-0.3, -0.25) is 9.59 Å². The summed E-state index contributed by atoms with van der Waals surface area (Å²) in [6, 6.07) is 12.1. The zero-order valence-electron chi connectivity index (χ0n) is 14.1. The standard InChI is InChI=1S/C20H14FNO4S/c21-13-5-6-18-16(9-13)17(23)10-19(26-18)20(24)22(11-14-3-1-7-25-14)12-15-4-2-8-27-15/h1-10H,11-12H2. The van der Waals surface area contributed by atoms with Gasteiger partial charge in [-0.15, -0.1) is 11.3 Å². The van der Waals surface area contributed by atoms with E-state index in [1.807, 2.05) is 17.5 Å². The summed E-state index contributed by atoms with van der Waals surface area (Å²) in [6.07, 6.45) is 1.54. The lowest BCUT2D eigenvalue weighted by Crippen LogP contribution is -2.30. The van der Waals surface area contributed by atoms with Gasteiger partial charge in [0.15, 0.2) is 11.2 Å². The van der Waals surface area contributed by atoms with Gasteiger partial charge in [0.05, 0.1) is 24.7 Å². The number of nitrogens with zero attached hydrogens (tertiary/aromatic N) is 1. The third kappa shape index (κ3) is 3.68. The van der Waals surface area contributed by atoms with Crippen molar-refractivity contribution in [2.45, 2.75) is 13.1 Å². The van der Waals surface area contributed by atoms with Crippen molar-refractivity contribution in [2.75, 3.05) is 0 Å². The number of halogens is 1. The summed E-state index contributed by atoms with van der Waals surface area (Å²) >= 11 is 1.53. The lowest BCUT2D eigenvalue weighted by atomic mass is 10.2. The lowest BCUT2D eigenvalue weighted by Gasteiger charge is -2.20. The Labute approximate surface area is 157 Å². The Kier molecular flexibility index (Phi) is 4.60. The number of hydrogen-bond acceptors (Lipinski definition) is 5. The fraction of sp³-hybridized carbons (Fsp3) is 0.100. The highest BCUT2D eigenvalue weighted by atomic mass is 32.1. The van der Waals surface area contributed by atoms with Crippen molar-refractivity contribution in [2.24, 2.45) is 0 Å². The van der Waals surface area contributed by atoms with Crippen LogP contribution in [-0.4, -0.2) is 10.8 Å². The van der Waals surface area contributed by atoms with Crippen LogP contribution in [0.4, 0.5) is 4.39 Å². The molecule has 3 aromatic heterocycles. The van der Waals surface area contributed by atoms with Crippen molar-refractivity contribution in [3.63, 3.8) is 0 Å². The van der Waals surface area contributed by atoms with Crippen molar-refractivity contribution in [1.29, 1.82) is 0 Å². The van der Waals surface area contributed by atoms with Gasteiger partial charge in [0.25, 0.3) is 5.91 Å². The normalized spacial score (nSPS) is 11.0. The van der Waals surface area contributed by atoms with Crippen LogP contribution in [0.5, 0.6) is 0 Å². The Hall–Kier alpha value is -3.19. The van der Waals surface area contributed by atoms with E-state index >= 15 is 0 Å². The molecule has 0 bridgehead atoms. The number of furan rings is 1. The first-order valence-electron chi connectivity index (χ1n) is 8.17. The number of thiophene rings is 1. The fourth-order valence-electron chi connectivity index (χ4n) is 2.77. The number of rotatable bonds is 5. The van der Waals surface area contributed by atoms with Gasteiger partial charge in [0, 0.05) is 10.9 Å². The van der Waals surface area contributed by atoms with Crippen LogP contribution in [0.15, 0.2) is 73.8 Å². The SMILES string of the molecule is O=C(c1cc(=O)c2cc(F)ccc2o1)N(Cc1ccco1)Cc1cccs1. The predicted molar refractivity (Wildman–Crippen MR) is 99.0 cm³/mol. The molecule has 4 aromatic rings. The van der Waals surface area contributed by atoms with E-state index < -0.39 is 17.2 Å². The van der Waals surface area contributed by atoms with Crippen LogP contribution >= 0.6 is 11.3 Å². The van der Waals surface area contributed by atoms with E-state index in [0.29, 0.717) is 12.3 Å². The highest BCUT2D eigenvalue weighted by molar-refractivity contribution is 7.09. The van der Waals surface area contributed by atoms with Gasteiger partial charge in [-0.2, -0.15) is 0 Å². The van der Waals surface area contributed by atoms with Crippen molar-refractivity contribution < 1.29 is 18.0 Å². The van der Waals surface area contributed by atoms with Crippen molar-refractivity contribution in [3.05, 3.63) is 92.6 Å². The van der Waals surface area contributed by atoms with Crippen LogP contribution in [0, 0.1) is 5.82 Å². The zero-order valence-corrected chi connectivity index (χ0v) is 14.9. The summed E-state index contributed by atoms with van der Waals surface area (Å²) in [4.78, 5) is 27.9. The Bertz CT molecular complexity index is 1100. The summed E-state index contributed by atoms with van der Waals surface area (Å²) in [7, 11) is 0. The van der Waals surface area contributed by atoms with E-state index in [2.05, 4.69) is 0 Å². The van der Waals surface area contributed by atoms with E-state index in [9.17, 15) is 14.0 Å². The van der Waals surface area contributed by atoms with Crippen LogP contribution in [0.2, 0.25) is 0 Å². The van der Waals surface area contributed by atoms with Gasteiger partial charge in [0.1, 0.15) is 17.2 Å². The molecular formula is C20H14FNO4S. The number of hydrogen-bond donors (Lipinski definition) is 0. The molecule has 0 aliphatic heterocycles. The smallest absolute Gasteiger partial charge is 0.290 e. The van der Waals surface area contributed by atoms with E-state index in [0.717, 1.165) is 17.0 Å². The Balaban J connectivity index is 1.70. The molecule has 1 amide bonds. The molecular weight excluding hydrogens is 369 g/mol. The van der Waals surface area contributed by atoms with Crippen LogP contribution < -0.4 is 5.43 Å². The maximum absolute atomic E-state index is 13.4. The lowest BCUT2D eigenvalue weighted by molar-refractivity contribution is 0.0687. The summed E-state index contributed by atoms with van der Waals surface area (Å²) in [6.45, 7) is 0.581. The molecule has 0 fully saturated rings. The first-order chi connectivity index (χ1) is 13.1. The molecule has 4 rings (SSSR count). The minimum absolute atomic E-state index is 0.0952. The monoisotopic (exact) mass is 383 g/mol. The van der Waals surface area contributed by atoms with E-state index in [1.165, 1.54) is 34.6 Å². The third-order valence-corrected chi connectivity index (χ3v) is 4.90. The number of amides is 1. The average Bonchev–Trinajstić information content (AvgIpc) is 3.35. The molecule has 0 saturated heterocycles. The fourth-order valence-corrected chi connectivity index (χ4v) is 3.49. The average molecular weight is 383 g/mol. The highest BCUT2D eigenvalue weighted by Gasteiger charge is 2.22. The third-order valence-electron chi connectivity index (χ3n) is 4.04. The molecule has 27 heavy (non-hydrogen) atoms. The molecule has 0 radical (unpaired) electrons. The molecule has 0 unspecified atom stereocenters. The van der Waals surface area contributed by atoms with E-state index in [4.69, 9.17) is 8.83 Å². The van der Waals surface area contributed by atoms with E-state index in [1.54, 1.807) is 12.1 Å². The maximum Gasteiger partial charge on any atom is 0.290 e. The number of carbonyl (C=O) groups excluding carboxylic acids is 1. The van der Waals surface area contributed by atoms with Gasteiger partial charge >= 0.3 is 0 Å². The second-order valence-electron chi connectivity index (χ2n) is 5.94. The van der Waals surface area contributed by atoms with E-state index in [-0.39, 0.29) is 23.3 Å². The molecule has 136 valence electrons. The Morgan fingerprint density at radius 1 is 1.11 bits per heavy atom. The second kappa shape index (κ2) is 7.20. The summed E-state index contributed by atoms with van der Waals surface area (Å²) in [5.74, 6) is -0.457. The second-order valence-corrected chi connectivity index (χ2v) is 6.97. The maximum atomic E-state index is 13.4. The molecule has 0 N–H and O–H groups in total. The molecule has 1 aromatic carbocycles. The molecule has 0 saturated carbocycles. The molecule has 3 heterocycles. The van der Waals surface area contributed by atoms with Gasteiger partial charge in [-0.05, 0) is 41.8 Å². The van der Waals surface area contributed by atoms with Crippen LogP contribution in [0.1, 0.15) is 21.2 Å². The molecule has 0 atom stereocenters. The number of fused-ring (bicyclic) bond motifs is 1. The van der Waals surface area contributed by atoms with Gasteiger partial charge in [-0.1, -0.05) is 6.07 Å². The summed E-state index contributed by atoms with van der Waals surface area (Å²) in [5, 5.41) is 2.03. The van der Waals surface area contributed by atoms with Gasteiger partial charge in [-0.25, -0.2) is 4.39 Å². The molecule has 0 aliphatic rings. The van der Waals surface area contributed by atoms with Crippen molar-refractivity contribution >= 4 is 28.2 Å². The molecule has 0 aliphatic carbocycles. The largest absolute Gasteiger partial charge is 0.467 e. The predicted octanol–water partition coefficient (Wildman–Crippen LogP) is 4.43. The first-order valence-corrected chi connectivity index (χ1v) is 9.05.